The SMILES string of the molecule is CNC(CO)CCN1CC(C)C(N(C)C)C1. The van der Waals surface area contributed by atoms with Gasteiger partial charge < -0.3 is 20.2 Å². The van der Waals surface area contributed by atoms with E-state index in [1.165, 1.54) is 6.54 Å². The van der Waals surface area contributed by atoms with Gasteiger partial charge in [-0.25, -0.2) is 0 Å². The van der Waals surface area contributed by atoms with E-state index in [1.54, 1.807) is 0 Å². The van der Waals surface area contributed by atoms with Crippen LogP contribution in [0.2, 0.25) is 0 Å². The van der Waals surface area contributed by atoms with Crippen molar-refractivity contribution in [3.05, 3.63) is 0 Å². The van der Waals surface area contributed by atoms with Crippen LogP contribution in [0.25, 0.3) is 0 Å². The molecule has 1 aliphatic heterocycles. The topological polar surface area (TPSA) is 38.7 Å². The number of likely N-dealkylation sites (tertiary alicyclic amines) is 1. The van der Waals surface area contributed by atoms with Gasteiger partial charge in [0.15, 0.2) is 0 Å². The van der Waals surface area contributed by atoms with Crippen LogP contribution in [0, 0.1) is 5.92 Å². The molecule has 0 aromatic rings. The quantitative estimate of drug-likeness (QED) is 0.664. The number of hydrogen-bond acceptors (Lipinski definition) is 4. The summed E-state index contributed by atoms with van der Waals surface area (Å²) in [5, 5.41) is 12.2. The highest BCUT2D eigenvalue weighted by Gasteiger charge is 2.30. The molecule has 1 saturated heterocycles. The van der Waals surface area contributed by atoms with E-state index in [0.29, 0.717) is 6.04 Å². The van der Waals surface area contributed by atoms with E-state index in [0.717, 1.165) is 25.4 Å². The largest absolute Gasteiger partial charge is 0.395 e. The number of aliphatic hydroxyl groups is 1. The Hall–Kier alpha value is -0.160. The van der Waals surface area contributed by atoms with Crippen LogP contribution in [-0.2, 0) is 0 Å². The molecule has 0 spiro atoms. The molecule has 0 aromatic heterocycles. The summed E-state index contributed by atoms with van der Waals surface area (Å²) in [6.45, 7) is 5.99. The van der Waals surface area contributed by atoms with Crippen molar-refractivity contribution < 1.29 is 5.11 Å². The molecule has 2 N–H and O–H groups in total. The summed E-state index contributed by atoms with van der Waals surface area (Å²) in [5.41, 5.74) is 0. The normalized spacial score (nSPS) is 28.9. The van der Waals surface area contributed by atoms with Crippen molar-refractivity contribution in [1.29, 1.82) is 0 Å². The Morgan fingerprint density at radius 3 is 2.56 bits per heavy atom. The monoisotopic (exact) mass is 229 g/mol. The van der Waals surface area contributed by atoms with Crippen molar-refractivity contribution in [1.82, 2.24) is 15.1 Å². The molecule has 0 radical (unpaired) electrons. The van der Waals surface area contributed by atoms with E-state index in [4.69, 9.17) is 5.11 Å². The van der Waals surface area contributed by atoms with Crippen LogP contribution in [0.15, 0.2) is 0 Å². The molecule has 16 heavy (non-hydrogen) atoms. The second kappa shape index (κ2) is 6.55. The van der Waals surface area contributed by atoms with Gasteiger partial charge >= 0.3 is 0 Å². The molecule has 1 heterocycles. The molecular formula is C12H27N3O. The molecule has 96 valence electrons. The molecule has 0 saturated carbocycles. The Morgan fingerprint density at radius 1 is 1.44 bits per heavy atom. The second-order valence-electron chi connectivity index (χ2n) is 5.22. The molecule has 0 aromatic carbocycles. The predicted molar refractivity (Wildman–Crippen MR) is 67.6 cm³/mol. The Morgan fingerprint density at radius 2 is 2.12 bits per heavy atom. The van der Waals surface area contributed by atoms with Crippen LogP contribution in [0.4, 0.5) is 0 Å². The van der Waals surface area contributed by atoms with Gasteiger partial charge in [-0.15, -0.1) is 0 Å². The minimum Gasteiger partial charge on any atom is -0.395 e. The van der Waals surface area contributed by atoms with E-state index < -0.39 is 0 Å². The molecular weight excluding hydrogens is 202 g/mol. The van der Waals surface area contributed by atoms with Gasteiger partial charge in [-0.3, -0.25) is 0 Å². The summed E-state index contributed by atoms with van der Waals surface area (Å²) in [6, 6.07) is 0.927. The van der Waals surface area contributed by atoms with E-state index in [-0.39, 0.29) is 12.6 Å². The van der Waals surface area contributed by atoms with Crippen LogP contribution >= 0.6 is 0 Å². The predicted octanol–water partition coefficient (Wildman–Crippen LogP) is -0.161. The van der Waals surface area contributed by atoms with Gasteiger partial charge in [0.1, 0.15) is 0 Å². The second-order valence-corrected chi connectivity index (χ2v) is 5.22. The molecule has 3 unspecified atom stereocenters. The Balaban J connectivity index is 2.30. The average molecular weight is 229 g/mol. The van der Waals surface area contributed by atoms with Gasteiger partial charge in [0.2, 0.25) is 0 Å². The Labute approximate surface area is 99.6 Å². The van der Waals surface area contributed by atoms with E-state index in [2.05, 4.69) is 36.1 Å². The summed E-state index contributed by atoms with van der Waals surface area (Å²) in [5.74, 6) is 0.747. The molecule has 0 aliphatic carbocycles. The molecule has 4 heteroatoms. The Kier molecular flexibility index (Phi) is 5.69. The van der Waals surface area contributed by atoms with Crippen molar-refractivity contribution in [3.8, 4) is 0 Å². The fourth-order valence-corrected chi connectivity index (χ4v) is 2.57. The van der Waals surface area contributed by atoms with Crippen molar-refractivity contribution in [2.75, 3.05) is 47.4 Å². The van der Waals surface area contributed by atoms with Crippen LogP contribution in [0.1, 0.15) is 13.3 Å². The highest BCUT2D eigenvalue weighted by Crippen LogP contribution is 2.20. The van der Waals surface area contributed by atoms with Gasteiger partial charge in [-0.2, -0.15) is 0 Å². The molecule has 0 bridgehead atoms. The van der Waals surface area contributed by atoms with Crippen molar-refractivity contribution in [3.63, 3.8) is 0 Å². The summed E-state index contributed by atoms with van der Waals surface area (Å²) in [6.07, 6.45) is 1.03. The summed E-state index contributed by atoms with van der Waals surface area (Å²) >= 11 is 0. The van der Waals surface area contributed by atoms with Crippen LogP contribution in [0.3, 0.4) is 0 Å². The lowest BCUT2D eigenvalue weighted by molar-refractivity contribution is 0.216. The third kappa shape index (κ3) is 3.70. The third-order valence-corrected chi connectivity index (χ3v) is 3.73. The molecule has 1 rings (SSSR count). The first-order valence-corrected chi connectivity index (χ1v) is 6.25. The fourth-order valence-electron chi connectivity index (χ4n) is 2.57. The first-order chi connectivity index (χ1) is 7.58. The number of nitrogens with zero attached hydrogens (tertiary/aromatic N) is 2. The first-order valence-electron chi connectivity index (χ1n) is 6.25. The van der Waals surface area contributed by atoms with Crippen molar-refractivity contribution in [2.24, 2.45) is 5.92 Å². The lowest BCUT2D eigenvalue weighted by Crippen LogP contribution is -2.36. The van der Waals surface area contributed by atoms with Gasteiger partial charge in [0.05, 0.1) is 6.61 Å². The number of aliphatic hydroxyl groups excluding tert-OH is 1. The minimum atomic E-state index is 0.233. The van der Waals surface area contributed by atoms with Gasteiger partial charge in [0, 0.05) is 25.2 Å². The zero-order valence-corrected chi connectivity index (χ0v) is 11.1. The minimum absolute atomic E-state index is 0.233. The van der Waals surface area contributed by atoms with Crippen molar-refractivity contribution in [2.45, 2.75) is 25.4 Å². The zero-order valence-electron chi connectivity index (χ0n) is 11.1. The highest BCUT2D eigenvalue weighted by molar-refractivity contribution is 4.86. The van der Waals surface area contributed by atoms with Crippen molar-refractivity contribution >= 4 is 0 Å². The maximum absolute atomic E-state index is 9.10. The van der Waals surface area contributed by atoms with E-state index >= 15 is 0 Å². The smallest absolute Gasteiger partial charge is 0.0585 e. The van der Waals surface area contributed by atoms with E-state index in [9.17, 15) is 0 Å². The van der Waals surface area contributed by atoms with Crippen LogP contribution in [-0.4, -0.2) is 74.4 Å². The summed E-state index contributed by atoms with van der Waals surface area (Å²) in [7, 11) is 6.24. The lowest BCUT2D eigenvalue weighted by atomic mass is 10.1. The van der Waals surface area contributed by atoms with Crippen LogP contribution < -0.4 is 5.32 Å². The lowest BCUT2D eigenvalue weighted by Gasteiger charge is -2.23. The van der Waals surface area contributed by atoms with Gasteiger partial charge in [0.25, 0.3) is 0 Å². The number of nitrogens with one attached hydrogen (secondary N) is 1. The third-order valence-electron chi connectivity index (χ3n) is 3.73. The van der Waals surface area contributed by atoms with E-state index in [1.807, 2.05) is 7.05 Å². The number of likely N-dealkylation sites (N-methyl/N-ethyl adjacent to an activating group) is 2. The molecule has 3 atom stereocenters. The molecule has 0 amide bonds. The number of hydrogen-bond donors (Lipinski definition) is 2. The summed E-state index contributed by atoms with van der Waals surface area (Å²) < 4.78 is 0. The van der Waals surface area contributed by atoms with Crippen LogP contribution in [0.5, 0.6) is 0 Å². The average Bonchev–Trinajstić information content (AvgIpc) is 2.61. The molecule has 1 fully saturated rings. The molecule has 4 nitrogen and oxygen atoms in total. The maximum atomic E-state index is 9.10. The zero-order chi connectivity index (χ0) is 12.1. The standard InChI is InChI=1S/C12H27N3O/c1-10-7-15(8-12(10)14(3)4)6-5-11(9-16)13-2/h10-13,16H,5-9H2,1-4H3. The Bertz CT molecular complexity index is 195. The summed E-state index contributed by atoms with van der Waals surface area (Å²) in [4.78, 5) is 4.83. The molecule has 1 aliphatic rings. The number of rotatable bonds is 6. The highest BCUT2D eigenvalue weighted by atomic mass is 16.3. The first kappa shape index (κ1) is 13.9. The maximum Gasteiger partial charge on any atom is 0.0585 e. The fraction of sp³-hybridized carbons (Fsp3) is 1.00. The van der Waals surface area contributed by atoms with Gasteiger partial charge in [-0.1, -0.05) is 6.92 Å². The van der Waals surface area contributed by atoms with Gasteiger partial charge in [-0.05, 0) is 40.0 Å².